The highest BCUT2D eigenvalue weighted by atomic mass is 35.5. The molecule has 1 aromatic rings. The largest absolute Gasteiger partial charge is 0.481 e. The van der Waals surface area contributed by atoms with Gasteiger partial charge in [-0.25, -0.2) is 0 Å². The Morgan fingerprint density at radius 1 is 1.43 bits per heavy atom. The fraction of sp³-hybridized carbons (Fsp3) is 0.571. The van der Waals surface area contributed by atoms with Crippen molar-refractivity contribution in [2.45, 2.75) is 44.6 Å². The van der Waals surface area contributed by atoms with E-state index < -0.39 is 5.97 Å². The zero-order valence-corrected chi connectivity index (χ0v) is 13.8. The zero-order chi connectivity index (χ0) is 15.4. The van der Waals surface area contributed by atoms with Crippen LogP contribution < -0.4 is 0 Å². The van der Waals surface area contributed by atoms with Gasteiger partial charge in [0.05, 0.1) is 15.1 Å². The molecule has 4 nitrogen and oxygen atoms in total. The lowest BCUT2D eigenvalue weighted by Crippen LogP contribution is -2.36. The predicted octanol–water partition coefficient (Wildman–Crippen LogP) is 3.84. The third-order valence-electron chi connectivity index (χ3n) is 3.67. The lowest BCUT2D eigenvalue weighted by atomic mass is 10.1. The molecule has 116 valence electrons. The molecule has 1 aliphatic heterocycles. The van der Waals surface area contributed by atoms with Gasteiger partial charge < -0.3 is 10.0 Å². The highest BCUT2D eigenvalue weighted by Gasteiger charge is 2.29. The Hall–Kier alpha value is -0.780. The molecule has 0 unspecified atom stereocenters. The van der Waals surface area contributed by atoms with Crippen LogP contribution in [0.3, 0.4) is 0 Å². The van der Waals surface area contributed by atoms with E-state index >= 15 is 0 Å². The maximum absolute atomic E-state index is 12.2. The Balaban J connectivity index is 1.81. The predicted molar refractivity (Wildman–Crippen MR) is 84.3 cm³/mol. The number of halogens is 2. The first-order valence-corrected chi connectivity index (χ1v) is 8.49. The summed E-state index contributed by atoms with van der Waals surface area (Å²) in [4.78, 5) is 24.7. The maximum Gasteiger partial charge on any atom is 0.305 e. The molecule has 0 radical (unpaired) electrons. The average Bonchev–Trinajstić information content (AvgIpc) is 2.96. The molecule has 0 aromatic carbocycles. The number of carbonyl (C=O) groups is 2. The Morgan fingerprint density at radius 2 is 2.19 bits per heavy atom. The number of nitrogens with zero attached hydrogens (tertiary/aromatic N) is 1. The van der Waals surface area contributed by atoms with E-state index in [1.165, 1.54) is 11.3 Å². The van der Waals surface area contributed by atoms with Crippen molar-refractivity contribution in [3.8, 4) is 0 Å². The summed E-state index contributed by atoms with van der Waals surface area (Å²) < 4.78 is 1.33. The van der Waals surface area contributed by atoms with E-state index in [-0.39, 0.29) is 18.4 Å². The molecular formula is C14H17Cl2NO3S. The summed E-state index contributed by atoms with van der Waals surface area (Å²) in [6.07, 6.45) is 3.53. The first-order chi connectivity index (χ1) is 9.97. The quantitative estimate of drug-likeness (QED) is 0.848. The number of carbonyl (C=O) groups excluding carboxylic acids is 1. The fourth-order valence-corrected chi connectivity index (χ4v) is 4.24. The minimum Gasteiger partial charge on any atom is -0.481 e. The smallest absolute Gasteiger partial charge is 0.305 e. The van der Waals surface area contributed by atoms with Crippen molar-refractivity contribution in [2.24, 2.45) is 0 Å². The lowest BCUT2D eigenvalue weighted by Gasteiger charge is -2.23. The van der Waals surface area contributed by atoms with Crippen molar-refractivity contribution in [1.82, 2.24) is 4.90 Å². The number of thiophene rings is 1. The Bertz CT molecular complexity index is 532. The van der Waals surface area contributed by atoms with Gasteiger partial charge in [-0.05, 0) is 37.3 Å². The molecule has 1 saturated heterocycles. The molecule has 1 fully saturated rings. The van der Waals surface area contributed by atoms with Crippen LogP contribution in [0.1, 0.15) is 37.7 Å². The third-order valence-corrected chi connectivity index (χ3v) is 5.24. The van der Waals surface area contributed by atoms with Gasteiger partial charge in [-0.2, -0.15) is 0 Å². The molecule has 0 aliphatic carbocycles. The number of rotatable bonds is 6. The van der Waals surface area contributed by atoms with Gasteiger partial charge in [-0.3, -0.25) is 9.59 Å². The molecule has 1 atom stereocenters. The molecule has 0 saturated carbocycles. The number of amides is 1. The number of carboxylic acids is 1. The standard InChI is InChI=1S/C14H17Cl2NO3S/c15-11-7-9(14(16)21-11)3-1-5-12(18)17-6-2-4-10(17)8-13(19)20/h7,10H,1-6,8H2,(H,19,20)/t10-/m1/s1. The minimum absolute atomic E-state index is 0.0381. The second kappa shape index (κ2) is 7.47. The number of hydrogen-bond donors (Lipinski definition) is 1. The lowest BCUT2D eigenvalue weighted by molar-refractivity contribution is -0.139. The van der Waals surface area contributed by atoms with Crippen molar-refractivity contribution in [3.05, 3.63) is 20.3 Å². The van der Waals surface area contributed by atoms with Crippen molar-refractivity contribution in [1.29, 1.82) is 0 Å². The normalized spacial score (nSPS) is 18.2. The number of likely N-dealkylation sites (tertiary alicyclic amines) is 1. The number of aliphatic carboxylic acids is 1. The van der Waals surface area contributed by atoms with Crippen LogP contribution in [0.25, 0.3) is 0 Å². The monoisotopic (exact) mass is 349 g/mol. The van der Waals surface area contributed by atoms with Crippen LogP contribution in [-0.4, -0.2) is 34.5 Å². The molecule has 2 heterocycles. The van der Waals surface area contributed by atoms with Gasteiger partial charge in [0.25, 0.3) is 0 Å². The third kappa shape index (κ3) is 4.59. The Morgan fingerprint density at radius 3 is 2.81 bits per heavy atom. The molecule has 7 heteroatoms. The molecule has 1 aromatic heterocycles. The van der Waals surface area contributed by atoms with Crippen LogP contribution in [0.15, 0.2) is 6.07 Å². The summed E-state index contributed by atoms with van der Waals surface area (Å²) in [6.45, 7) is 0.668. The molecule has 0 spiro atoms. The second-order valence-electron chi connectivity index (χ2n) is 5.18. The highest BCUT2D eigenvalue weighted by molar-refractivity contribution is 7.20. The molecule has 21 heavy (non-hydrogen) atoms. The first kappa shape index (κ1) is 16.6. The summed E-state index contributed by atoms with van der Waals surface area (Å²) in [7, 11) is 0. The molecule has 1 aliphatic rings. The zero-order valence-electron chi connectivity index (χ0n) is 11.5. The average molecular weight is 350 g/mol. The molecule has 1 amide bonds. The number of hydrogen-bond acceptors (Lipinski definition) is 3. The van der Waals surface area contributed by atoms with Crippen molar-refractivity contribution >= 4 is 46.4 Å². The summed E-state index contributed by atoms with van der Waals surface area (Å²) in [6, 6.07) is 1.69. The summed E-state index contributed by atoms with van der Waals surface area (Å²) in [5, 5.41) is 8.87. The number of aryl methyl sites for hydroxylation is 1. The topological polar surface area (TPSA) is 57.6 Å². The van der Waals surface area contributed by atoms with E-state index in [1.54, 1.807) is 4.90 Å². The van der Waals surface area contributed by atoms with Crippen LogP contribution in [0, 0.1) is 0 Å². The van der Waals surface area contributed by atoms with Crippen molar-refractivity contribution < 1.29 is 14.7 Å². The second-order valence-corrected chi connectivity index (χ2v) is 7.47. The summed E-state index contributed by atoms with van der Waals surface area (Å²) in [5.41, 5.74) is 0.975. The van der Waals surface area contributed by atoms with E-state index in [4.69, 9.17) is 28.3 Å². The van der Waals surface area contributed by atoms with Crippen LogP contribution in [0.2, 0.25) is 8.67 Å². The van der Waals surface area contributed by atoms with Gasteiger partial charge in [-0.1, -0.05) is 23.2 Å². The van der Waals surface area contributed by atoms with E-state index in [0.717, 1.165) is 18.4 Å². The van der Waals surface area contributed by atoms with Gasteiger partial charge in [0, 0.05) is 19.0 Å². The van der Waals surface area contributed by atoms with Gasteiger partial charge in [-0.15, -0.1) is 11.3 Å². The summed E-state index contributed by atoms with van der Waals surface area (Å²) in [5.74, 6) is -0.810. The van der Waals surface area contributed by atoms with Gasteiger partial charge in [0.1, 0.15) is 0 Å². The van der Waals surface area contributed by atoms with Gasteiger partial charge in [0.2, 0.25) is 5.91 Å². The SMILES string of the molecule is O=C(O)C[C@H]1CCCN1C(=O)CCCc1cc(Cl)sc1Cl. The van der Waals surface area contributed by atoms with Gasteiger partial charge in [0.15, 0.2) is 0 Å². The Labute approximate surface area is 137 Å². The van der Waals surface area contributed by atoms with E-state index in [1.807, 2.05) is 6.07 Å². The molecule has 0 bridgehead atoms. The minimum atomic E-state index is -0.848. The first-order valence-electron chi connectivity index (χ1n) is 6.92. The fourth-order valence-electron chi connectivity index (χ4n) is 2.70. The molecular weight excluding hydrogens is 333 g/mol. The highest BCUT2D eigenvalue weighted by Crippen LogP contribution is 2.32. The van der Waals surface area contributed by atoms with Crippen molar-refractivity contribution in [3.63, 3.8) is 0 Å². The summed E-state index contributed by atoms with van der Waals surface area (Å²) >= 11 is 13.3. The molecule has 2 rings (SSSR count). The van der Waals surface area contributed by atoms with Crippen LogP contribution in [-0.2, 0) is 16.0 Å². The van der Waals surface area contributed by atoms with Crippen LogP contribution >= 0.6 is 34.5 Å². The van der Waals surface area contributed by atoms with E-state index in [0.29, 0.717) is 34.5 Å². The Kier molecular flexibility index (Phi) is 5.90. The van der Waals surface area contributed by atoms with Crippen LogP contribution in [0.5, 0.6) is 0 Å². The van der Waals surface area contributed by atoms with E-state index in [2.05, 4.69) is 0 Å². The number of carboxylic acid groups (broad SMARTS) is 1. The molecule has 1 N–H and O–H groups in total. The maximum atomic E-state index is 12.2. The van der Waals surface area contributed by atoms with E-state index in [9.17, 15) is 9.59 Å². The van der Waals surface area contributed by atoms with Crippen molar-refractivity contribution in [2.75, 3.05) is 6.54 Å². The van der Waals surface area contributed by atoms with Gasteiger partial charge >= 0.3 is 5.97 Å². The van der Waals surface area contributed by atoms with Crippen LogP contribution in [0.4, 0.5) is 0 Å².